The molecule has 0 fully saturated rings. The Kier molecular flexibility index (Phi) is 5.75. The van der Waals surface area contributed by atoms with Gasteiger partial charge in [0.25, 0.3) is 5.91 Å². The van der Waals surface area contributed by atoms with Gasteiger partial charge in [-0.1, -0.05) is 37.3 Å². The Hall–Kier alpha value is -2.18. The van der Waals surface area contributed by atoms with E-state index in [4.69, 9.17) is 0 Å². The minimum Gasteiger partial charge on any atom is -0.346 e. The maximum absolute atomic E-state index is 12.4. The van der Waals surface area contributed by atoms with E-state index in [1.807, 2.05) is 31.2 Å². The molecular formula is C18H22N2O3S. The number of carbonyl (C=O) groups is 1. The van der Waals surface area contributed by atoms with E-state index in [0.717, 1.165) is 12.0 Å². The van der Waals surface area contributed by atoms with Crippen LogP contribution >= 0.6 is 0 Å². The maximum atomic E-state index is 12.4. The molecule has 1 atom stereocenters. The van der Waals surface area contributed by atoms with Crippen molar-refractivity contribution in [1.29, 1.82) is 0 Å². The Bertz CT molecular complexity index is 814. The Morgan fingerprint density at radius 3 is 2.38 bits per heavy atom. The highest BCUT2D eigenvalue weighted by Gasteiger charge is 2.16. The molecule has 0 aliphatic rings. The summed E-state index contributed by atoms with van der Waals surface area (Å²) in [5.41, 5.74) is 2.55. The highest BCUT2D eigenvalue weighted by molar-refractivity contribution is 7.89. The smallest absolute Gasteiger partial charge is 0.251 e. The van der Waals surface area contributed by atoms with E-state index < -0.39 is 10.0 Å². The lowest BCUT2D eigenvalue weighted by Crippen LogP contribution is -2.27. The van der Waals surface area contributed by atoms with Gasteiger partial charge in [-0.15, -0.1) is 0 Å². The van der Waals surface area contributed by atoms with Gasteiger partial charge in [0, 0.05) is 5.56 Å². The molecule has 24 heavy (non-hydrogen) atoms. The molecule has 0 spiro atoms. The minimum absolute atomic E-state index is 0.0672. The molecule has 128 valence electrons. The van der Waals surface area contributed by atoms with Crippen LogP contribution in [0.3, 0.4) is 0 Å². The molecule has 2 rings (SSSR count). The molecule has 2 N–H and O–H groups in total. The number of rotatable bonds is 6. The first kappa shape index (κ1) is 18.2. The molecule has 5 nitrogen and oxygen atoms in total. The average molecular weight is 346 g/mol. The fraction of sp³-hybridized carbons (Fsp3) is 0.278. The number of nitrogens with one attached hydrogen (secondary N) is 2. The van der Waals surface area contributed by atoms with Gasteiger partial charge in [-0.25, -0.2) is 13.1 Å². The molecule has 0 bridgehead atoms. The Balaban J connectivity index is 2.15. The molecule has 0 aromatic heterocycles. The van der Waals surface area contributed by atoms with Gasteiger partial charge in [0.05, 0.1) is 10.9 Å². The summed E-state index contributed by atoms with van der Waals surface area (Å²) in [6, 6.07) is 13.9. The van der Waals surface area contributed by atoms with Gasteiger partial charge in [-0.05, 0) is 49.7 Å². The number of carbonyl (C=O) groups excluding carboxylic acids is 1. The van der Waals surface area contributed by atoms with Crippen LogP contribution < -0.4 is 10.0 Å². The van der Waals surface area contributed by atoms with Crippen LogP contribution in [0.15, 0.2) is 53.4 Å². The van der Waals surface area contributed by atoms with Crippen LogP contribution in [-0.4, -0.2) is 21.4 Å². The Morgan fingerprint density at radius 2 is 1.79 bits per heavy atom. The standard InChI is InChI=1S/C18H22N2O3S/c1-4-14-8-10-15(11-9-14)13(2)20-18(21)16-6-5-7-17(12-16)24(22,23)19-3/h5-13,19H,4H2,1-3H3,(H,20,21)/t13-/m0/s1. The zero-order valence-corrected chi connectivity index (χ0v) is 14.9. The van der Waals surface area contributed by atoms with Crippen LogP contribution in [0, 0.1) is 0 Å². The number of hydrogen-bond donors (Lipinski definition) is 2. The first-order valence-corrected chi connectivity index (χ1v) is 9.29. The van der Waals surface area contributed by atoms with Crippen molar-refractivity contribution in [3.63, 3.8) is 0 Å². The molecule has 0 unspecified atom stereocenters. The Morgan fingerprint density at radius 1 is 1.12 bits per heavy atom. The topological polar surface area (TPSA) is 75.3 Å². The van der Waals surface area contributed by atoms with Gasteiger partial charge in [0.15, 0.2) is 0 Å². The highest BCUT2D eigenvalue weighted by Crippen LogP contribution is 2.16. The fourth-order valence-electron chi connectivity index (χ4n) is 2.33. The third kappa shape index (κ3) is 4.21. The van der Waals surface area contributed by atoms with Gasteiger partial charge in [-0.2, -0.15) is 0 Å². The molecule has 0 saturated heterocycles. The summed E-state index contributed by atoms with van der Waals surface area (Å²) in [4.78, 5) is 12.5. The second-order valence-electron chi connectivity index (χ2n) is 5.53. The molecule has 6 heteroatoms. The van der Waals surface area contributed by atoms with Gasteiger partial charge in [0.2, 0.25) is 10.0 Å². The van der Waals surface area contributed by atoms with Crippen molar-refractivity contribution in [2.45, 2.75) is 31.2 Å². The van der Waals surface area contributed by atoms with Crippen LogP contribution in [0.4, 0.5) is 0 Å². The number of amides is 1. The molecule has 0 saturated carbocycles. The van der Waals surface area contributed by atoms with E-state index in [9.17, 15) is 13.2 Å². The highest BCUT2D eigenvalue weighted by atomic mass is 32.2. The summed E-state index contributed by atoms with van der Waals surface area (Å²) in [6.07, 6.45) is 0.966. The van der Waals surface area contributed by atoms with Gasteiger partial charge in [0.1, 0.15) is 0 Å². The van der Waals surface area contributed by atoms with Crippen LogP contribution in [0.5, 0.6) is 0 Å². The molecule has 2 aromatic rings. The van der Waals surface area contributed by atoms with E-state index in [1.165, 1.54) is 24.7 Å². The van der Waals surface area contributed by atoms with Crippen LogP contribution in [0.2, 0.25) is 0 Å². The summed E-state index contributed by atoms with van der Waals surface area (Å²) >= 11 is 0. The predicted molar refractivity (Wildman–Crippen MR) is 94.4 cm³/mol. The SMILES string of the molecule is CCc1ccc([C@H](C)NC(=O)c2cccc(S(=O)(=O)NC)c2)cc1. The third-order valence-corrected chi connectivity index (χ3v) is 5.32. The van der Waals surface area contributed by atoms with Crippen molar-refractivity contribution in [1.82, 2.24) is 10.0 Å². The fourth-order valence-corrected chi connectivity index (χ4v) is 3.10. The summed E-state index contributed by atoms with van der Waals surface area (Å²) in [5.74, 6) is -0.310. The van der Waals surface area contributed by atoms with Crippen LogP contribution in [0.1, 0.15) is 41.4 Å². The molecule has 2 aromatic carbocycles. The quantitative estimate of drug-likeness (QED) is 0.844. The zero-order chi connectivity index (χ0) is 17.7. The van der Waals surface area contributed by atoms with Crippen molar-refractivity contribution in [3.8, 4) is 0 Å². The van der Waals surface area contributed by atoms with Gasteiger partial charge < -0.3 is 5.32 Å². The van der Waals surface area contributed by atoms with Crippen molar-refractivity contribution in [2.75, 3.05) is 7.05 Å². The predicted octanol–water partition coefficient (Wildman–Crippen LogP) is 2.65. The van der Waals surface area contributed by atoms with Gasteiger partial charge in [-0.3, -0.25) is 4.79 Å². The number of benzene rings is 2. The molecule has 0 aliphatic heterocycles. The first-order chi connectivity index (χ1) is 11.4. The van der Waals surface area contributed by atoms with E-state index in [1.54, 1.807) is 12.1 Å². The lowest BCUT2D eigenvalue weighted by atomic mass is 10.0. The van der Waals surface area contributed by atoms with Crippen molar-refractivity contribution >= 4 is 15.9 Å². The number of hydrogen-bond acceptors (Lipinski definition) is 3. The lowest BCUT2D eigenvalue weighted by molar-refractivity contribution is 0.0939. The lowest BCUT2D eigenvalue weighted by Gasteiger charge is -2.15. The normalized spacial score (nSPS) is 12.6. The maximum Gasteiger partial charge on any atom is 0.251 e. The van der Waals surface area contributed by atoms with Crippen molar-refractivity contribution in [2.24, 2.45) is 0 Å². The summed E-state index contributed by atoms with van der Waals surface area (Å²) in [6.45, 7) is 3.99. The van der Waals surface area contributed by atoms with Crippen LogP contribution in [-0.2, 0) is 16.4 Å². The second-order valence-corrected chi connectivity index (χ2v) is 7.41. The molecule has 0 radical (unpaired) electrons. The van der Waals surface area contributed by atoms with E-state index in [0.29, 0.717) is 5.56 Å². The molecular weight excluding hydrogens is 324 g/mol. The number of sulfonamides is 1. The summed E-state index contributed by atoms with van der Waals surface area (Å²) in [7, 11) is -2.24. The Labute approximate surface area is 143 Å². The summed E-state index contributed by atoms with van der Waals surface area (Å²) in [5, 5.41) is 2.89. The average Bonchev–Trinajstić information content (AvgIpc) is 2.61. The van der Waals surface area contributed by atoms with E-state index >= 15 is 0 Å². The van der Waals surface area contributed by atoms with E-state index in [-0.39, 0.29) is 16.8 Å². The van der Waals surface area contributed by atoms with E-state index in [2.05, 4.69) is 17.0 Å². The molecule has 0 aliphatic carbocycles. The third-order valence-electron chi connectivity index (χ3n) is 3.91. The largest absolute Gasteiger partial charge is 0.346 e. The van der Waals surface area contributed by atoms with Crippen molar-refractivity contribution < 1.29 is 13.2 Å². The second kappa shape index (κ2) is 7.59. The first-order valence-electron chi connectivity index (χ1n) is 7.80. The van der Waals surface area contributed by atoms with Crippen molar-refractivity contribution in [3.05, 3.63) is 65.2 Å². The zero-order valence-electron chi connectivity index (χ0n) is 14.0. The summed E-state index contributed by atoms with van der Waals surface area (Å²) < 4.78 is 25.9. The van der Waals surface area contributed by atoms with Gasteiger partial charge >= 0.3 is 0 Å². The minimum atomic E-state index is -3.57. The molecule has 1 amide bonds. The molecule has 0 heterocycles. The monoisotopic (exact) mass is 346 g/mol. The van der Waals surface area contributed by atoms with Crippen LogP contribution in [0.25, 0.3) is 0 Å². The number of aryl methyl sites for hydroxylation is 1.